The lowest BCUT2D eigenvalue weighted by Gasteiger charge is -2.36. The Hall–Kier alpha value is -1.04. The van der Waals surface area contributed by atoms with Crippen LogP contribution in [-0.4, -0.2) is 47.8 Å². The third-order valence-corrected chi connectivity index (χ3v) is 5.05. The summed E-state index contributed by atoms with van der Waals surface area (Å²) in [6.07, 6.45) is 8.00. The van der Waals surface area contributed by atoms with Crippen LogP contribution >= 0.6 is 15.9 Å². The molecular formula is C15H23BrN2O3. The molecule has 0 aromatic rings. The van der Waals surface area contributed by atoms with E-state index in [0.29, 0.717) is 18.0 Å². The van der Waals surface area contributed by atoms with Gasteiger partial charge in [0, 0.05) is 24.1 Å². The highest BCUT2D eigenvalue weighted by Crippen LogP contribution is 2.27. The zero-order valence-electron chi connectivity index (χ0n) is 12.6. The topological polar surface area (TPSA) is 58.6 Å². The SMILES string of the molecule is COC(=O)C1=CN(C)[C@@H](C(=O)NC2CCCCC2)[C@H](Br)C1. The van der Waals surface area contributed by atoms with Gasteiger partial charge < -0.3 is 15.0 Å². The first-order valence-electron chi connectivity index (χ1n) is 7.48. The number of carbonyl (C=O) groups excluding carboxylic acids is 2. The molecule has 0 radical (unpaired) electrons. The van der Waals surface area contributed by atoms with E-state index < -0.39 is 0 Å². The minimum Gasteiger partial charge on any atom is -0.466 e. The molecule has 1 aliphatic carbocycles. The lowest BCUT2D eigenvalue weighted by Crippen LogP contribution is -2.53. The molecule has 1 N–H and O–H groups in total. The number of esters is 1. The third-order valence-electron chi connectivity index (χ3n) is 4.22. The van der Waals surface area contributed by atoms with Gasteiger partial charge in [0.2, 0.25) is 5.91 Å². The van der Waals surface area contributed by atoms with Crippen molar-refractivity contribution in [3.05, 3.63) is 11.8 Å². The Bertz CT molecular complexity index is 433. The molecule has 1 saturated carbocycles. The Morgan fingerprint density at radius 2 is 2.00 bits per heavy atom. The number of carbonyl (C=O) groups is 2. The minimum atomic E-state index is -0.336. The van der Waals surface area contributed by atoms with E-state index in [-0.39, 0.29) is 22.7 Å². The van der Waals surface area contributed by atoms with Crippen molar-refractivity contribution in [2.45, 2.75) is 55.4 Å². The van der Waals surface area contributed by atoms with Crippen LogP contribution in [0.1, 0.15) is 38.5 Å². The van der Waals surface area contributed by atoms with Crippen LogP contribution in [0.2, 0.25) is 0 Å². The Balaban J connectivity index is 2.00. The maximum atomic E-state index is 12.5. The van der Waals surface area contributed by atoms with Gasteiger partial charge in [-0.15, -0.1) is 0 Å². The average molecular weight is 359 g/mol. The first-order valence-corrected chi connectivity index (χ1v) is 8.40. The number of hydrogen-bond donors (Lipinski definition) is 1. The number of nitrogens with zero attached hydrogens (tertiary/aromatic N) is 1. The van der Waals surface area contributed by atoms with Gasteiger partial charge in [-0.05, 0) is 19.3 Å². The highest BCUT2D eigenvalue weighted by Gasteiger charge is 2.36. The number of likely N-dealkylation sites (N-methyl/N-ethyl adjacent to an activating group) is 1. The number of amides is 1. The molecule has 0 aromatic carbocycles. The molecule has 2 aliphatic rings. The maximum absolute atomic E-state index is 12.5. The number of methoxy groups -OCH3 is 1. The summed E-state index contributed by atoms with van der Waals surface area (Å²) < 4.78 is 4.75. The summed E-state index contributed by atoms with van der Waals surface area (Å²) in [4.78, 5) is 25.8. The van der Waals surface area contributed by atoms with Gasteiger partial charge >= 0.3 is 5.97 Å². The van der Waals surface area contributed by atoms with Gasteiger partial charge in [0.1, 0.15) is 6.04 Å². The number of halogens is 1. The van der Waals surface area contributed by atoms with Crippen molar-refractivity contribution < 1.29 is 14.3 Å². The second-order valence-electron chi connectivity index (χ2n) is 5.82. The molecule has 0 unspecified atom stereocenters. The summed E-state index contributed by atoms with van der Waals surface area (Å²) in [7, 11) is 3.19. The summed E-state index contributed by atoms with van der Waals surface area (Å²) in [6, 6.07) is 0.00525. The Labute approximate surface area is 134 Å². The van der Waals surface area contributed by atoms with Crippen LogP contribution < -0.4 is 5.32 Å². The van der Waals surface area contributed by atoms with Crippen LogP contribution in [-0.2, 0) is 14.3 Å². The molecule has 6 heteroatoms. The monoisotopic (exact) mass is 358 g/mol. The fourth-order valence-corrected chi connectivity index (χ4v) is 4.07. The molecule has 1 aliphatic heterocycles. The van der Waals surface area contributed by atoms with E-state index in [9.17, 15) is 9.59 Å². The lowest BCUT2D eigenvalue weighted by atomic mass is 9.94. The fraction of sp³-hybridized carbons (Fsp3) is 0.733. The van der Waals surface area contributed by atoms with Crippen LogP contribution in [0.5, 0.6) is 0 Å². The molecular weight excluding hydrogens is 336 g/mol. The average Bonchev–Trinajstić information content (AvgIpc) is 2.46. The first-order chi connectivity index (χ1) is 10.0. The molecule has 1 fully saturated rings. The van der Waals surface area contributed by atoms with Crippen molar-refractivity contribution in [3.63, 3.8) is 0 Å². The van der Waals surface area contributed by atoms with Gasteiger partial charge in [0.05, 0.1) is 12.7 Å². The van der Waals surface area contributed by atoms with Crippen LogP contribution in [0.15, 0.2) is 11.8 Å². The molecule has 21 heavy (non-hydrogen) atoms. The van der Waals surface area contributed by atoms with E-state index in [1.165, 1.54) is 26.4 Å². The van der Waals surface area contributed by atoms with Crippen molar-refractivity contribution in [2.75, 3.05) is 14.2 Å². The number of rotatable bonds is 3. The molecule has 1 heterocycles. The quantitative estimate of drug-likeness (QED) is 0.618. The number of nitrogens with one attached hydrogen (secondary N) is 1. The maximum Gasteiger partial charge on any atom is 0.335 e. The number of ether oxygens (including phenoxy) is 1. The van der Waals surface area contributed by atoms with Crippen molar-refractivity contribution >= 4 is 27.8 Å². The van der Waals surface area contributed by atoms with Crippen molar-refractivity contribution in [1.82, 2.24) is 10.2 Å². The van der Waals surface area contributed by atoms with Gasteiger partial charge in [-0.25, -0.2) is 4.79 Å². The van der Waals surface area contributed by atoms with Crippen LogP contribution in [0.3, 0.4) is 0 Å². The second-order valence-corrected chi connectivity index (χ2v) is 7.00. The van der Waals surface area contributed by atoms with Gasteiger partial charge in [-0.1, -0.05) is 35.2 Å². The number of hydrogen-bond acceptors (Lipinski definition) is 4. The molecule has 118 valence electrons. The molecule has 5 nitrogen and oxygen atoms in total. The molecule has 2 rings (SSSR count). The largest absolute Gasteiger partial charge is 0.466 e. The zero-order chi connectivity index (χ0) is 15.4. The highest BCUT2D eigenvalue weighted by molar-refractivity contribution is 9.09. The molecule has 0 spiro atoms. The normalized spacial score (nSPS) is 27.0. The molecule has 0 aromatic heterocycles. The second kappa shape index (κ2) is 7.29. The van der Waals surface area contributed by atoms with E-state index >= 15 is 0 Å². The van der Waals surface area contributed by atoms with Gasteiger partial charge in [0.25, 0.3) is 0 Å². The minimum absolute atomic E-state index is 0.0337. The van der Waals surface area contributed by atoms with E-state index in [1.54, 1.807) is 11.1 Å². The Kier molecular flexibility index (Phi) is 5.67. The van der Waals surface area contributed by atoms with E-state index in [2.05, 4.69) is 21.2 Å². The van der Waals surface area contributed by atoms with Gasteiger partial charge in [0.15, 0.2) is 0 Å². The smallest absolute Gasteiger partial charge is 0.335 e. The predicted molar refractivity (Wildman–Crippen MR) is 84.0 cm³/mol. The summed E-state index contributed by atoms with van der Waals surface area (Å²) in [5.41, 5.74) is 0.587. The van der Waals surface area contributed by atoms with Crippen molar-refractivity contribution in [2.24, 2.45) is 0 Å². The van der Waals surface area contributed by atoms with E-state index in [4.69, 9.17) is 4.74 Å². The molecule has 1 amide bonds. The van der Waals surface area contributed by atoms with E-state index in [0.717, 1.165) is 12.8 Å². The van der Waals surface area contributed by atoms with Crippen LogP contribution in [0, 0.1) is 0 Å². The standard InChI is InChI=1S/C15H23BrN2O3/c1-18-9-10(15(20)21-2)8-12(16)13(18)14(19)17-11-6-4-3-5-7-11/h9,11-13H,3-8H2,1-2H3,(H,17,19)/t12-,13-/m1/s1. The van der Waals surface area contributed by atoms with Crippen LogP contribution in [0.4, 0.5) is 0 Å². The molecule has 0 bridgehead atoms. The summed E-state index contributed by atoms with van der Waals surface area (Å²) in [6.45, 7) is 0. The van der Waals surface area contributed by atoms with Crippen molar-refractivity contribution in [1.29, 1.82) is 0 Å². The Morgan fingerprint density at radius 3 is 2.57 bits per heavy atom. The first kappa shape index (κ1) is 16.3. The Morgan fingerprint density at radius 1 is 1.33 bits per heavy atom. The molecule has 2 atom stereocenters. The third kappa shape index (κ3) is 3.99. The molecule has 0 saturated heterocycles. The fourth-order valence-electron chi connectivity index (χ4n) is 3.11. The number of alkyl halides is 1. The highest BCUT2D eigenvalue weighted by atomic mass is 79.9. The summed E-state index contributed by atoms with van der Waals surface area (Å²) in [5.74, 6) is -0.302. The van der Waals surface area contributed by atoms with Crippen molar-refractivity contribution in [3.8, 4) is 0 Å². The van der Waals surface area contributed by atoms with Gasteiger partial charge in [-0.2, -0.15) is 0 Å². The van der Waals surface area contributed by atoms with Gasteiger partial charge in [-0.3, -0.25) is 4.79 Å². The van der Waals surface area contributed by atoms with E-state index in [1.807, 2.05) is 7.05 Å². The summed E-state index contributed by atoms with van der Waals surface area (Å²) in [5, 5.41) is 3.15. The summed E-state index contributed by atoms with van der Waals surface area (Å²) >= 11 is 3.55. The lowest BCUT2D eigenvalue weighted by molar-refractivity contribution is -0.137. The van der Waals surface area contributed by atoms with Crippen LogP contribution in [0.25, 0.3) is 0 Å². The zero-order valence-corrected chi connectivity index (χ0v) is 14.2. The predicted octanol–water partition coefficient (Wildman–Crippen LogP) is 1.96.